The second kappa shape index (κ2) is 7.98. The normalized spacial score (nSPS) is 21.8. The summed E-state index contributed by atoms with van der Waals surface area (Å²) in [4.78, 5) is 11.6. The van der Waals surface area contributed by atoms with Crippen LogP contribution in [0.3, 0.4) is 0 Å². The first kappa shape index (κ1) is 15.8. The molecule has 0 radical (unpaired) electrons. The molecule has 0 aliphatic heterocycles. The Morgan fingerprint density at radius 3 is 2.86 bits per heavy atom. The number of nitrogens with one attached hydrogen (secondary N) is 2. The van der Waals surface area contributed by atoms with Crippen LogP contribution in [0.5, 0.6) is 0 Å². The largest absolute Gasteiger partial charge is 0.376 e. The van der Waals surface area contributed by atoms with Crippen molar-refractivity contribution in [1.29, 1.82) is 0 Å². The van der Waals surface area contributed by atoms with Crippen molar-refractivity contribution < 1.29 is 13.9 Å². The molecule has 21 heavy (non-hydrogen) atoms. The van der Waals surface area contributed by atoms with E-state index in [1.165, 1.54) is 31.4 Å². The van der Waals surface area contributed by atoms with E-state index < -0.39 is 11.8 Å². The van der Waals surface area contributed by atoms with Crippen molar-refractivity contribution in [1.82, 2.24) is 5.32 Å². The smallest absolute Gasteiger partial charge is 0.319 e. The Kier molecular flexibility index (Phi) is 5.99. The summed E-state index contributed by atoms with van der Waals surface area (Å²) in [6.45, 7) is 3.12. The molecule has 1 aromatic carbocycles. The average molecular weight is 294 g/mol. The molecule has 0 saturated heterocycles. The standard InChI is InChI=1S/C16H23FN2O2/c1-12-6-2-5-9-15(12)21-11-10-18-16(20)19-14-8-4-3-7-13(14)17/h3-4,7-8,12,15H,2,5-6,9-11H2,1H3,(H2,18,19,20)/t12-,15+/m0/s1. The molecule has 116 valence electrons. The van der Waals surface area contributed by atoms with E-state index in [9.17, 15) is 9.18 Å². The number of amides is 2. The average Bonchev–Trinajstić information content (AvgIpc) is 2.48. The molecule has 0 heterocycles. The highest BCUT2D eigenvalue weighted by molar-refractivity contribution is 5.89. The maximum atomic E-state index is 13.4. The van der Waals surface area contributed by atoms with E-state index in [0.29, 0.717) is 25.2 Å². The number of para-hydroxylation sites is 1. The highest BCUT2D eigenvalue weighted by Crippen LogP contribution is 2.25. The molecular weight excluding hydrogens is 271 g/mol. The van der Waals surface area contributed by atoms with E-state index in [4.69, 9.17) is 4.74 Å². The lowest BCUT2D eigenvalue weighted by atomic mass is 9.88. The number of urea groups is 1. The molecular formula is C16H23FN2O2. The number of halogens is 1. The predicted octanol–water partition coefficient (Wildman–Crippen LogP) is 3.54. The number of rotatable bonds is 5. The molecule has 1 saturated carbocycles. The lowest BCUT2D eigenvalue weighted by molar-refractivity contribution is -0.00232. The van der Waals surface area contributed by atoms with Crippen LogP contribution >= 0.6 is 0 Å². The SMILES string of the molecule is C[C@H]1CCCC[C@H]1OCCNC(=O)Nc1ccccc1F. The van der Waals surface area contributed by atoms with Crippen LogP contribution in [-0.2, 0) is 4.74 Å². The third kappa shape index (κ3) is 5.01. The fourth-order valence-electron chi connectivity index (χ4n) is 2.63. The highest BCUT2D eigenvalue weighted by atomic mass is 19.1. The molecule has 2 N–H and O–H groups in total. The Balaban J connectivity index is 1.64. The van der Waals surface area contributed by atoms with Crippen molar-refractivity contribution in [2.24, 2.45) is 5.92 Å². The minimum atomic E-state index is -0.445. The van der Waals surface area contributed by atoms with Gasteiger partial charge in [0, 0.05) is 6.54 Å². The molecule has 0 aromatic heterocycles. The van der Waals surface area contributed by atoms with Gasteiger partial charge in [-0.25, -0.2) is 9.18 Å². The van der Waals surface area contributed by atoms with Gasteiger partial charge in [-0.15, -0.1) is 0 Å². The van der Waals surface area contributed by atoms with Crippen molar-refractivity contribution in [2.45, 2.75) is 38.7 Å². The molecule has 2 amide bonds. The van der Waals surface area contributed by atoms with Gasteiger partial charge >= 0.3 is 6.03 Å². The number of carbonyl (C=O) groups is 1. The Hall–Kier alpha value is -1.62. The minimum Gasteiger partial charge on any atom is -0.376 e. The third-order valence-electron chi connectivity index (χ3n) is 3.87. The first-order chi connectivity index (χ1) is 10.2. The molecule has 1 fully saturated rings. The van der Waals surface area contributed by atoms with Gasteiger partial charge in [0.1, 0.15) is 5.82 Å². The number of benzene rings is 1. The maximum Gasteiger partial charge on any atom is 0.319 e. The van der Waals surface area contributed by atoms with Crippen LogP contribution in [0, 0.1) is 11.7 Å². The number of ether oxygens (including phenoxy) is 1. The Labute approximate surface area is 125 Å². The van der Waals surface area contributed by atoms with E-state index in [-0.39, 0.29) is 5.69 Å². The number of hydrogen-bond acceptors (Lipinski definition) is 2. The van der Waals surface area contributed by atoms with Crippen molar-refractivity contribution in [3.05, 3.63) is 30.1 Å². The lowest BCUT2D eigenvalue weighted by Gasteiger charge is -2.28. The van der Waals surface area contributed by atoms with E-state index in [2.05, 4.69) is 17.6 Å². The van der Waals surface area contributed by atoms with Crippen molar-refractivity contribution in [2.75, 3.05) is 18.5 Å². The first-order valence-electron chi connectivity index (χ1n) is 7.58. The highest BCUT2D eigenvalue weighted by Gasteiger charge is 2.21. The summed E-state index contributed by atoms with van der Waals surface area (Å²) >= 11 is 0. The van der Waals surface area contributed by atoms with Gasteiger partial charge in [0.15, 0.2) is 0 Å². The zero-order chi connectivity index (χ0) is 15.1. The molecule has 1 aromatic rings. The second-order valence-electron chi connectivity index (χ2n) is 5.53. The maximum absolute atomic E-state index is 13.4. The van der Waals surface area contributed by atoms with E-state index in [1.807, 2.05) is 0 Å². The predicted molar refractivity (Wildman–Crippen MR) is 80.8 cm³/mol. The summed E-state index contributed by atoms with van der Waals surface area (Å²) in [6, 6.07) is 5.67. The molecule has 2 rings (SSSR count). The summed E-state index contributed by atoms with van der Waals surface area (Å²) in [5.41, 5.74) is 0.178. The fourth-order valence-corrected chi connectivity index (χ4v) is 2.63. The number of anilines is 1. The lowest BCUT2D eigenvalue weighted by Crippen LogP contribution is -2.34. The van der Waals surface area contributed by atoms with Gasteiger partial charge in [0.05, 0.1) is 18.4 Å². The van der Waals surface area contributed by atoms with Gasteiger partial charge in [-0.2, -0.15) is 0 Å². The van der Waals surface area contributed by atoms with Crippen LogP contribution in [0.1, 0.15) is 32.6 Å². The first-order valence-corrected chi connectivity index (χ1v) is 7.58. The summed E-state index contributed by atoms with van der Waals surface area (Å²) in [7, 11) is 0. The van der Waals surface area contributed by atoms with E-state index >= 15 is 0 Å². The van der Waals surface area contributed by atoms with Crippen LogP contribution in [-0.4, -0.2) is 25.3 Å². The van der Waals surface area contributed by atoms with E-state index in [1.54, 1.807) is 12.1 Å². The molecule has 5 heteroatoms. The number of carbonyl (C=O) groups excluding carboxylic acids is 1. The van der Waals surface area contributed by atoms with Crippen molar-refractivity contribution in [3.8, 4) is 0 Å². The van der Waals surface area contributed by atoms with Gasteiger partial charge in [-0.3, -0.25) is 0 Å². The minimum absolute atomic E-state index is 0.178. The summed E-state index contributed by atoms with van der Waals surface area (Å²) in [5, 5.41) is 5.15. The molecule has 0 spiro atoms. The van der Waals surface area contributed by atoms with Crippen LogP contribution in [0.15, 0.2) is 24.3 Å². The Morgan fingerprint density at radius 2 is 2.10 bits per heavy atom. The molecule has 1 aliphatic carbocycles. The molecule has 0 unspecified atom stereocenters. The number of hydrogen-bond donors (Lipinski definition) is 2. The zero-order valence-electron chi connectivity index (χ0n) is 12.4. The monoisotopic (exact) mass is 294 g/mol. The second-order valence-corrected chi connectivity index (χ2v) is 5.53. The van der Waals surface area contributed by atoms with Crippen LogP contribution in [0.4, 0.5) is 14.9 Å². The van der Waals surface area contributed by atoms with Gasteiger partial charge in [0.2, 0.25) is 0 Å². The molecule has 0 bridgehead atoms. The summed E-state index contributed by atoms with van der Waals surface area (Å²) in [5.74, 6) is 0.144. The summed E-state index contributed by atoms with van der Waals surface area (Å²) < 4.78 is 19.2. The quantitative estimate of drug-likeness (QED) is 0.816. The van der Waals surface area contributed by atoms with Crippen LogP contribution in [0.2, 0.25) is 0 Å². The molecule has 2 atom stereocenters. The zero-order valence-corrected chi connectivity index (χ0v) is 12.4. The third-order valence-corrected chi connectivity index (χ3v) is 3.87. The van der Waals surface area contributed by atoms with E-state index in [0.717, 1.165) is 6.42 Å². The van der Waals surface area contributed by atoms with Gasteiger partial charge in [0.25, 0.3) is 0 Å². The van der Waals surface area contributed by atoms with Crippen LogP contribution in [0.25, 0.3) is 0 Å². The van der Waals surface area contributed by atoms with Crippen molar-refractivity contribution in [3.63, 3.8) is 0 Å². The molecule has 4 nitrogen and oxygen atoms in total. The molecule has 1 aliphatic rings. The van der Waals surface area contributed by atoms with Crippen molar-refractivity contribution >= 4 is 11.7 Å². The Bertz CT molecular complexity index is 467. The Morgan fingerprint density at radius 1 is 1.33 bits per heavy atom. The van der Waals surface area contributed by atoms with Gasteiger partial charge < -0.3 is 15.4 Å². The van der Waals surface area contributed by atoms with Crippen LogP contribution < -0.4 is 10.6 Å². The summed E-state index contributed by atoms with van der Waals surface area (Å²) in [6.07, 6.45) is 5.12. The fraction of sp³-hybridized carbons (Fsp3) is 0.562. The topological polar surface area (TPSA) is 50.4 Å². The van der Waals surface area contributed by atoms with Gasteiger partial charge in [-0.1, -0.05) is 31.9 Å². The van der Waals surface area contributed by atoms with Gasteiger partial charge in [-0.05, 0) is 30.9 Å².